The zero-order chi connectivity index (χ0) is 13.2. The highest BCUT2D eigenvalue weighted by Gasteiger charge is 2.39. The molecule has 2 atom stereocenters. The summed E-state index contributed by atoms with van der Waals surface area (Å²) in [6, 6.07) is 9.58. The molecule has 0 bridgehead atoms. The maximum absolute atomic E-state index is 12.1. The molecule has 1 heterocycles. The van der Waals surface area contributed by atoms with Gasteiger partial charge in [0.25, 0.3) is 0 Å². The van der Waals surface area contributed by atoms with Crippen LogP contribution in [0.2, 0.25) is 0 Å². The number of alkyl halides is 1. The second kappa shape index (κ2) is 5.74. The van der Waals surface area contributed by atoms with Gasteiger partial charge in [0.2, 0.25) is 5.12 Å². The lowest BCUT2D eigenvalue weighted by molar-refractivity contribution is -0.139. The van der Waals surface area contributed by atoms with Crippen LogP contribution >= 0.6 is 27.7 Å². The van der Waals surface area contributed by atoms with Crippen LogP contribution in [0.15, 0.2) is 35.2 Å². The Morgan fingerprint density at radius 2 is 2.11 bits per heavy atom. The molecule has 0 radical (unpaired) electrons. The summed E-state index contributed by atoms with van der Waals surface area (Å²) in [7, 11) is 0. The minimum Gasteiger partial charge on any atom is -0.348 e. The van der Waals surface area contributed by atoms with Crippen molar-refractivity contribution < 1.29 is 14.3 Å². The third kappa shape index (κ3) is 3.57. The van der Waals surface area contributed by atoms with Crippen molar-refractivity contribution in [1.29, 1.82) is 0 Å². The Hall–Kier alpha value is -0.360. The van der Waals surface area contributed by atoms with E-state index >= 15 is 0 Å². The van der Waals surface area contributed by atoms with E-state index in [2.05, 4.69) is 15.9 Å². The van der Waals surface area contributed by atoms with Crippen molar-refractivity contribution >= 4 is 32.8 Å². The molecule has 1 saturated heterocycles. The van der Waals surface area contributed by atoms with Crippen LogP contribution in [0.4, 0.5) is 0 Å². The molecular weight excluding hydrogens is 316 g/mol. The van der Waals surface area contributed by atoms with Crippen molar-refractivity contribution in [3.05, 3.63) is 30.3 Å². The van der Waals surface area contributed by atoms with E-state index in [9.17, 15) is 4.79 Å². The number of halogens is 1. The Labute approximate surface area is 119 Å². The molecule has 2 rings (SSSR count). The molecule has 1 aromatic carbocycles. The number of ether oxygens (including phenoxy) is 2. The maximum Gasteiger partial charge on any atom is 0.210 e. The molecule has 0 saturated carbocycles. The van der Waals surface area contributed by atoms with E-state index in [1.807, 2.05) is 44.2 Å². The number of rotatable bonds is 3. The van der Waals surface area contributed by atoms with Crippen LogP contribution in [0.5, 0.6) is 0 Å². The van der Waals surface area contributed by atoms with E-state index in [-0.39, 0.29) is 16.0 Å². The van der Waals surface area contributed by atoms with Crippen molar-refractivity contribution in [3.63, 3.8) is 0 Å². The van der Waals surface area contributed by atoms with E-state index in [0.29, 0.717) is 6.61 Å². The smallest absolute Gasteiger partial charge is 0.210 e. The predicted octanol–water partition coefficient (Wildman–Crippen LogP) is 3.22. The number of carbonyl (C=O) groups is 1. The number of hydrogen-bond donors (Lipinski definition) is 0. The van der Waals surface area contributed by atoms with Gasteiger partial charge in [0.05, 0.1) is 6.61 Å². The standard InChI is InChI=1S/C13H15BrO3S/c1-13(2)16-8-10(17-13)11(14)12(15)18-9-6-4-3-5-7-9/h3-7,10-11H,8H2,1-2H3/t10-,11+/m1/s1. The van der Waals surface area contributed by atoms with Gasteiger partial charge in [-0.1, -0.05) is 45.9 Å². The molecule has 3 nitrogen and oxygen atoms in total. The summed E-state index contributed by atoms with van der Waals surface area (Å²) < 4.78 is 11.1. The van der Waals surface area contributed by atoms with E-state index in [4.69, 9.17) is 9.47 Å². The highest BCUT2D eigenvalue weighted by Crippen LogP contribution is 2.31. The molecule has 0 amide bonds. The zero-order valence-electron chi connectivity index (χ0n) is 10.3. The average Bonchev–Trinajstić information content (AvgIpc) is 2.70. The van der Waals surface area contributed by atoms with E-state index < -0.39 is 5.79 Å². The summed E-state index contributed by atoms with van der Waals surface area (Å²) in [6.07, 6.45) is -0.233. The van der Waals surface area contributed by atoms with Gasteiger partial charge in [0, 0.05) is 4.90 Å². The largest absolute Gasteiger partial charge is 0.348 e. The Morgan fingerprint density at radius 3 is 2.67 bits per heavy atom. The van der Waals surface area contributed by atoms with Gasteiger partial charge in [0.1, 0.15) is 10.9 Å². The second-order valence-corrected chi connectivity index (χ2v) is 6.57. The summed E-state index contributed by atoms with van der Waals surface area (Å²) in [6.45, 7) is 4.13. The third-order valence-corrected chi connectivity index (χ3v) is 4.82. The van der Waals surface area contributed by atoms with Crippen molar-refractivity contribution in [1.82, 2.24) is 0 Å². The molecule has 0 N–H and O–H groups in total. The SMILES string of the molecule is CC1(C)OC[C@H]([C@H](Br)C(=O)Sc2ccccc2)O1. The molecule has 0 aromatic heterocycles. The molecule has 98 valence electrons. The van der Waals surface area contributed by atoms with Gasteiger partial charge in [-0.3, -0.25) is 4.79 Å². The molecule has 1 aliphatic heterocycles. The first kappa shape index (κ1) is 14.1. The molecule has 1 aliphatic rings. The Bertz CT molecular complexity index is 422. The summed E-state index contributed by atoms with van der Waals surface area (Å²) in [5.74, 6) is -0.603. The first-order valence-corrected chi connectivity index (χ1v) is 7.44. The monoisotopic (exact) mass is 330 g/mol. The fourth-order valence-electron chi connectivity index (χ4n) is 1.67. The van der Waals surface area contributed by atoms with Crippen molar-refractivity contribution in [2.24, 2.45) is 0 Å². The van der Waals surface area contributed by atoms with Gasteiger partial charge in [-0.05, 0) is 26.0 Å². The fourth-order valence-corrected chi connectivity index (χ4v) is 3.00. The molecule has 1 aromatic rings. The van der Waals surface area contributed by atoms with Gasteiger partial charge >= 0.3 is 0 Å². The number of hydrogen-bond acceptors (Lipinski definition) is 4. The first-order valence-electron chi connectivity index (χ1n) is 5.70. The van der Waals surface area contributed by atoms with Gasteiger partial charge in [0.15, 0.2) is 5.79 Å². The average molecular weight is 331 g/mol. The molecular formula is C13H15BrO3S. The lowest BCUT2D eigenvalue weighted by Crippen LogP contribution is -2.31. The minimum absolute atomic E-state index is 0.0347. The van der Waals surface area contributed by atoms with E-state index in [0.717, 1.165) is 4.90 Å². The van der Waals surface area contributed by atoms with E-state index in [1.54, 1.807) is 0 Å². The Kier molecular flexibility index (Phi) is 4.48. The van der Waals surface area contributed by atoms with Crippen LogP contribution in [-0.4, -0.2) is 28.4 Å². The second-order valence-electron chi connectivity index (χ2n) is 4.50. The van der Waals surface area contributed by atoms with Crippen molar-refractivity contribution in [2.45, 2.75) is 35.5 Å². The number of thioether (sulfide) groups is 1. The van der Waals surface area contributed by atoms with Crippen LogP contribution in [0.3, 0.4) is 0 Å². The van der Waals surface area contributed by atoms with E-state index in [1.165, 1.54) is 11.8 Å². The number of carbonyl (C=O) groups excluding carboxylic acids is 1. The quantitative estimate of drug-likeness (QED) is 0.629. The fraction of sp³-hybridized carbons (Fsp3) is 0.462. The highest BCUT2D eigenvalue weighted by molar-refractivity contribution is 9.10. The molecule has 0 unspecified atom stereocenters. The van der Waals surface area contributed by atoms with Gasteiger partial charge in [-0.15, -0.1) is 0 Å². The Balaban J connectivity index is 1.94. The predicted molar refractivity (Wildman–Crippen MR) is 74.9 cm³/mol. The molecule has 18 heavy (non-hydrogen) atoms. The topological polar surface area (TPSA) is 35.5 Å². The maximum atomic E-state index is 12.1. The summed E-state index contributed by atoms with van der Waals surface area (Å²) in [4.78, 5) is 12.7. The van der Waals surface area contributed by atoms with Gasteiger partial charge in [-0.25, -0.2) is 0 Å². The van der Waals surface area contributed by atoms with Crippen LogP contribution in [-0.2, 0) is 14.3 Å². The Morgan fingerprint density at radius 1 is 1.44 bits per heavy atom. The number of benzene rings is 1. The first-order chi connectivity index (χ1) is 8.48. The lowest BCUT2D eigenvalue weighted by atomic mass is 10.3. The molecule has 0 spiro atoms. The van der Waals surface area contributed by atoms with Gasteiger partial charge in [-0.2, -0.15) is 0 Å². The van der Waals surface area contributed by atoms with Crippen molar-refractivity contribution in [2.75, 3.05) is 6.61 Å². The van der Waals surface area contributed by atoms with Crippen LogP contribution in [0.1, 0.15) is 13.8 Å². The lowest BCUT2D eigenvalue weighted by Gasteiger charge is -2.19. The molecule has 5 heteroatoms. The zero-order valence-corrected chi connectivity index (χ0v) is 12.7. The third-order valence-electron chi connectivity index (χ3n) is 2.54. The van der Waals surface area contributed by atoms with Crippen LogP contribution < -0.4 is 0 Å². The molecule has 0 aliphatic carbocycles. The van der Waals surface area contributed by atoms with Gasteiger partial charge < -0.3 is 9.47 Å². The summed E-state index contributed by atoms with van der Waals surface area (Å²) in [5, 5.41) is 0.0347. The molecule has 1 fully saturated rings. The normalized spacial score (nSPS) is 23.8. The minimum atomic E-state index is -0.603. The van der Waals surface area contributed by atoms with Crippen molar-refractivity contribution in [3.8, 4) is 0 Å². The summed E-state index contributed by atoms with van der Waals surface area (Å²) >= 11 is 4.62. The summed E-state index contributed by atoms with van der Waals surface area (Å²) in [5.41, 5.74) is 0. The van der Waals surface area contributed by atoms with Crippen LogP contribution in [0.25, 0.3) is 0 Å². The van der Waals surface area contributed by atoms with Crippen LogP contribution in [0, 0.1) is 0 Å². The highest BCUT2D eigenvalue weighted by atomic mass is 79.9.